The molecule has 10 nitrogen and oxygen atoms in total. The molecule has 0 saturated carbocycles. The SMILES string of the molecule is CCOC(=O)N1CCN(C(=O)c2cnn3c2N[C@H](c2ccc(OC)c(OC)c2)C[C@@H]3C(F)(F)F)CC1. The molecule has 0 unspecified atom stereocenters. The van der Waals surface area contributed by atoms with Crippen molar-refractivity contribution in [3.05, 3.63) is 35.5 Å². The van der Waals surface area contributed by atoms with E-state index in [0.29, 0.717) is 17.1 Å². The van der Waals surface area contributed by atoms with Gasteiger partial charge >= 0.3 is 12.3 Å². The van der Waals surface area contributed by atoms with Crippen LogP contribution in [0.15, 0.2) is 24.4 Å². The minimum absolute atomic E-state index is 0.00109. The Morgan fingerprint density at radius 3 is 2.36 bits per heavy atom. The van der Waals surface area contributed by atoms with E-state index in [1.807, 2.05) is 0 Å². The van der Waals surface area contributed by atoms with Crippen LogP contribution >= 0.6 is 0 Å². The number of hydrogen-bond acceptors (Lipinski definition) is 7. The molecular formula is C23H28F3N5O5. The van der Waals surface area contributed by atoms with Gasteiger partial charge in [-0.3, -0.25) is 4.79 Å². The molecule has 2 amide bonds. The smallest absolute Gasteiger partial charge is 0.410 e. The maximum atomic E-state index is 14.0. The molecule has 3 heterocycles. The number of carbonyl (C=O) groups is 2. The predicted octanol–water partition coefficient (Wildman–Crippen LogP) is 3.47. The Morgan fingerprint density at radius 2 is 1.75 bits per heavy atom. The first kappa shape index (κ1) is 25.5. The summed E-state index contributed by atoms with van der Waals surface area (Å²) in [6.45, 7) is 2.93. The van der Waals surface area contributed by atoms with E-state index in [4.69, 9.17) is 14.2 Å². The van der Waals surface area contributed by atoms with Crippen molar-refractivity contribution in [1.29, 1.82) is 0 Å². The zero-order valence-corrected chi connectivity index (χ0v) is 20.2. The standard InChI is InChI=1S/C23H28F3N5O5/c1-4-36-22(33)30-9-7-29(8-10-30)21(32)15-13-27-31-19(23(24,25)26)12-16(28-20(15)31)14-5-6-17(34-2)18(11-14)35-3/h5-6,11,13,16,19,28H,4,7-10,12H2,1-3H3/t16-,19+/m0/s1. The van der Waals surface area contributed by atoms with Crippen molar-refractivity contribution in [2.75, 3.05) is 52.3 Å². The van der Waals surface area contributed by atoms with Crippen LogP contribution in [0.3, 0.4) is 0 Å². The lowest BCUT2D eigenvalue weighted by molar-refractivity contribution is -0.173. The van der Waals surface area contributed by atoms with Crippen LogP contribution in [0.4, 0.5) is 23.8 Å². The van der Waals surface area contributed by atoms with Crippen LogP contribution in [0.5, 0.6) is 11.5 Å². The summed E-state index contributed by atoms with van der Waals surface area (Å²) < 4.78 is 58.5. The maximum absolute atomic E-state index is 14.0. The van der Waals surface area contributed by atoms with Crippen molar-refractivity contribution in [2.45, 2.75) is 31.6 Å². The first-order valence-electron chi connectivity index (χ1n) is 11.5. The molecular weight excluding hydrogens is 483 g/mol. The van der Waals surface area contributed by atoms with Crippen LogP contribution in [0.1, 0.15) is 41.3 Å². The first-order valence-corrected chi connectivity index (χ1v) is 11.5. The molecule has 0 radical (unpaired) electrons. The summed E-state index contributed by atoms with van der Waals surface area (Å²) in [7, 11) is 2.92. The molecule has 13 heteroatoms. The van der Waals surface area contributed by atoms with E-state index in [2.05, 4.69) is 10.4 Å². The fraction of sp³-hybridized carbons (Fsp3) is 0.522. The van der Waals surface area contributed by atoms with Gasteiger partial charge in [0.05, 0.1) is 33.1 Å². The number of rotatable bonds is 5. The number of hydrogen-bond donors (Lipinski definition) is 1. The molecule has 36 heavy (non-hydrogen) atoms. The highest BCUT2D eigenvalue weighted by Crippen LogP contribution is 2.45. The third-order valence-electron chi connectivity index (χ3n) is 6.37. The normalized spacial score (nSPS) is 19.8. The lowest BCUT2D eigenvalue weighted by atomic mass is 9.96. The number of nitrogens with one attached hydrogen (secondary N) is 1. The maximum Gasteiger partial charge on any atom is 0.410 e. The summed E-state index contributed by atoms with van der Waals surface area (Å²) in [4.78, 5) is 28.2. The number of methoxy groups -OCH3 is 2. The Morgan fingerprint density at radius 1 is 1.08 bits per heavy atom. The van der Waals surface area contributed by atoms with E-state index in [9.17, 15) is 22.8 Å². The second-order valence-electron chi connectivity index (χ2n) is 8.43. The van der Waals surface area contributed by atoms with Crippen LogP contribution in [-0.2, 0) is 4.74 Å². The summed E-state index contributed by atoms with van der Waals surface area (Å²) in [5, 5.41) is 7.02. The van der Waals surface area contributed by atoms with Gasteiger partial charge in [0, 0.05) is 32.6 Å². The molecule has 2 aliphatic heterocycles. The van der Waals surface area contributed by atoms with Crippen LogP contribution < -0.4 is 14.8 Å². The van der Waals surface area contributed by atoms with E-state index in [-0.39, 0.29) is 50.6 Å². The number of ether oxygens (including phenoxy) is 3. The molecule has 1 N–H and O–H groups in total. The molecule has 1 aromatic heterocycles. The third kappa shape index (κ3) is 4.86. The number of amides is 2. The number of fused-ring (bicyclic) bond motifs is 1. The topological polar surface area (TPSA) is 98.2 Å². The summed E-state index contributed by atoms with van der Waals surface area (Å²) in [5.74, 6) is 0.379. The molecule has 0 spiro atoms. The van der Waals surface area contributed by atoms with Crippen molar-refractivity contribution in [2.24, 2.45) is 0 Å². The number of halogens is 3. The Balaban J connectivity index is 1.60. The Labute approximate surface area is 205 Å². The van der Waals surface area contributed by atoms with Gasteiger partial charge in [-0.15, -0.1) is 0 Å². The summed E-state index contributed by atoms with van der Waals surface area (Å²) >= 11 is 0. The second kappa shape index (κ2) is 10.2. The number of aromatic nitrogens is 2. The molecule has 0 bridgehead atoms. The van der Waals surface area contributed by atoms with E-state index < -0.39 is 30.3 Å². The number of nitrogens with zero attached hydrogens (tertiary/aromatic N) is 4. The Hall–Kier alpha value is -3.64. The highest BCUT2D eigenvalue weighted by Gasteiger charge is 2.47. The van der Waals surface area contributed by atoms with Gasteiger partial charge in [-0.05, 0) is 24.6 Å². The van der Waals surface area contributed by atoms with Gasteiger partial charge in [-0.1, -0.05) is 6.07 Å². The highest BCUT2D eigenvalue weighted by atomic mass is 19.4. The number of piperazine rings is 1. The third-order valence-corrected chi connectivity index (χ3v) is 6.37. The van der Waals surface area contributed by atoms with Gasteiger partial charge in [0.1, 0.15) is 11.4 Å². The Bertz CT molecular complexity index is 1110. The van der Waals surface area contributed by atoms with Crippen molar-refractivity contribution in [1.82, 2.24) is 19.6 Å². The fourth-order valence-electron chi connectivity index (χ4n) is 4.48. The van der Waals surface area contributed by atoms with Gasteiger partial charge in [-0.25, -0.2) is 9.48 Å². The molecule has 1 aromatic carbocycles. The van der Waals surface area contributed by atoms with Gasteiger partial charge in [0.2, 0.25) is 0 Å². The van der Waals surface area contributed by atoms with Crippen LogP contribution in [0.2, 0.25) is 0 Å². The van der Waals surface area contributed by atoms with Crippen molar-refractivity contribution in [3.8, 4) is 11.5 Å². The number of benzene rings is 1. The van der Waals surface area contributed by atoms with Crippen molar-refractivity contribution in [3.63, 3.8) is 0 Å². The van der Waals surface area contributed by atoms with Gasteiger partial charge in [0.25, 0.3) is 5.91 Å². The van der Waals surface area contributed by atoms with Crippen LogP contribution in [0, 0.1) is 0 Å². The average molecular weight is 512 g/mol. The molecule has 2 atom stereocenters. The first-order chi connectivity index (χ1) is 17.2. The Kier molecular flexibility index (Phi) is 7.18. The summed E-state index contributed by atoms with van der Waals surface area (Å²) in [5.41, 5.74) is 0.592. The lowest BCUT2D eigenvalue weighted by Crippen LogP contribution is -2.50. The van der Waals surface area contributed by atoms with Crippen LogP contribution in [0.25, 0.3) is 0 Å². The molecule has 1 saturated heterocycles. The summed E-state index contributed by atoms with van der Waals surface area (Å²) in [6.07, 6.45) is -4.19. The number of anilines is 1. The molecule has 2 aliphatic rings. The monoisotopic (exact) mass is 511 g/mol. The minimum Gasteiger partial charge on any atom is -0.493 e. The molecule has 196 valence electrons. The zero-order valence-electron chi connectivity index (χ0n) is 20.2. The zero-order chi connectivity index (χ0) is 26.0. The van der Waals surface area contributed by atoms with Gasteiger partial charge in [0.15, 0.2) is 17.5 Å². The van der Waals surface area contributed by atoms with E-state index in [1.54, 1.807) is 25.1 Å². The number of alkyl halides is 3. The van der Waals surface area contributed by atoms with E-state index in [1.165, 1.54) is 24.0 Å². The van der Waals surface area contributed by atoms with Crippen molar-refractivity contribution >= 4 is 17.8 Å². The van der Waals surface area contributed by atoms with Crippen LogP contribution in [-0.4, -0.2) is 84.8 Å². The lowest BCUT2D eigenvalue weighted by Gasteiger charge is -2.36. The van der Waals surface area contributed by atoms with E-state index in [0.717, 1.165) is 10.9 Å². The average Bonchev–Trinajstić information content (AvgIpc) is 3.30. The number of carbonyl (C=O) groups excluding carboxylic acids is 2. The molecule has 1 fully saturated rings. The van der Waals surface area contributed by atoms with Gasteiger partial charge in [-0.2, -0.15) is 18.3 Å². The molecule has 4 rings (SSSR count). The summed E-state index contributed by atoms with van der Waals surface area (Å²) in [6, 6.07) is 2.22. The van der Waals surface area contributed by atoms with Gasteiger partial charge < -0.3 is 29.3 Å². The quantitative estimate of drug-likeness (QED) is 0.657. The molecule has 0 aliphatic carbocycles. The predicted molar refractivity (Wildman–Crippen MR) is 122 cm³/mol. The fourth-order valence-corrected chi connectivity index (χ4v) is 4.48. The van der Waals surface area contributed by atoms with E-state index >= 15 is 0 Å². The largest absolute Gasteiger partial charge is 0.493 e. The molecule has 2 aromatic rings. The second-order valence-corrected chi connectivity index (χ2v) is 8.43. The highest BCUT2D eigenvalue weighted by molar-refractivity contribution is 5.99. The minimum atomic E-state index is -4.58. The van der Waals surface area contributed by atoms with Crippen molar-refractivity contribution < 1.29 is 37.0 Å².